The monoisotopic (exact) mass is 328 g/mol. The first-order valence-corrected chi connectivity index (χ1v) is 8.51. The summed E-state index contributed by atoms with van der Waals surface area (Å²) in [5, 5.41) is 10.4. The van der Waals surface area contributed by atoms with Crippen LogP contribution < -0.4 is 5.32 Å². The Morgan fingerprint density at radius 2 is 1.79 bits per heavy atom. The zero-order valence-corrected chi connectivity index (χ0v) is 13.5. The van der Waals surface area contributed by atoms with E-state index in [1.165, 1.54) is 12.1 Å². The van der Waals surface area contributed by atoms with Gasteiger partial charge in [-0.1, -0.05) is 0 Å². The second kappa shape index (κ2) is 6.36. The topological polar surface area (TPSA) is 61.0 Å². The molecular formula is C18H21FN4O. The van der Waals surface area contributed by atoms with Crippen LogP contribution in [0.3, 0.4) is 0 Å². The van der Waals surface area contributed by atoms with E-state index in [2.05, 4.69) is 15.5 Å². The Morgan fingerprint density at radius 1 is 1.12 bits per heavy atom. The van der Waals surface area contributed by atoms with E-state index in [-0.39, 0.29) is 11.7 Å². The first-order valence-electron chi connectivity index (χ1n) is 8.51. The molecule has 24 heavy (non-hydrogen) atoms. The van der Waals surface area contributed by atoms with Crippen molar-refractivity contribution in [3.05, 3.63) is 41.8 Å². The molecule has 0 bridgehead atoms. The van der Waals surface area contributed by atoms with E-state index in [0.717, 1.165) is 44.6 Å². The zero-order chi connectivity index (χ0) is 16.5. The van der Waals surface area contributed by atoms with Gasteiger partial charge in [-0.15, -0.1) is 0 Å². The molecule has 126 valence electrons. The van der Waals surface area contributed by atoms with Crippen molar-refractivity contribution in [3.63, 3.8) is 0 Å². The summed E-state index contributed by atoms with van der Waals surface area (Å²) < 4.78 is 13.1. The second-order valence-corrected chi connectivity index (χ2v) is 6.71. The van der Waals surface area contributed by atoms with Crippen LogP contribution in [0.15, 0.2) is 30.5 Å². The molecule has 0 saturated carbocycles. The Morgan fingerprint density at radius 3 is 2.46 bits per heavy atom. The molecule has 0 radical (unpaired) electrons. The first kappa shape index (κ1) is 15.3. The SMILES string of the molecule is O=C(c1cn[nH]c1-c1ccc(F)cc1)N1CC[C@@H]2CNC[C@@H]2CC1. The average Bonchev–Trinajstić information content (AvgIpc) is 3.21. The molecular weight excluding hydrogens is 307 g/mol. The Balaban J connectivity index is 1.55. The number of hydrogen-bond donors (Lipinski definition) is 2. The van der Waals surface area contributed by atoms with Gasteiger partial charge in [-0.2, -0.15) is 5.10 Å². The van der Waals surface area contributed by atoms with Gasteiger partial charge in [-0.05, 0) is 62.0 Å². The number of carbonyl (C=O) groups is 1. The second-order valence-electron chi connectivity index (χ2n) is 6.71. The quantitative estimate of drug-likeness (QED) is 0.889. The number of halogens is 1. The minimum absolute atomic E-state index is 0.0102. The molecule has 2 aliphatic rings. The average molecular weight is 328 g/mol. The number of fused-ring (bicyclic) bond motifs is 1. The van der Waals surface area contributed by atoms with E-state index < -0.39 is 0 Å². The number of hydrogen-bond acceptors (Lipinski definition) is 3. The molecule has 2 aromatic rings. The standard InChI is InChI=1S/C18H21FN4O/c19-15-3-1-12(2-4-15)17-16(11-21-22-17)18(24)23-7-5-13-9-20-10-14(13)6-8-23/h1-4,11,13-14,20H,5-10H2,(H,21,22)/t13-,14+. The lowest BCUT2D eigenvalue weighted by Gasteiger charge is -2.21. The highest BCUT2D eigenvalue weighted by molar-refractivity contribution is 5.99. The van der Waals surface area contributed by atoms with Crippen LogP contribution in [-0.2, 0) is 0 Å². The largest absolute Gasteiger partial charge is 0.339 e. The highest BCUT2D eigenvalue weighted by atomic mass is 19.1. The summed E-state index contributed by atoms with van der Waals surface area (Å²) in [6, 6.07) is 6.12. The number of H-pyrrole nitrogens is 1. The third kappa shape index (κ3) is 2.82. The van der Waals surface area contributed by atoms with Crippen LogP contribution in [0.1, 0.15) is 23.2 Å². The summed E-state index contributed by atoms with van der Waals surface area (Å²) in [7, 11) is 0. The van der Waals surface area contributed by atoms with E-state index in [4.69, 9.17) is 0 Å². The highest BCUT2D eigenvalue weighted by Gasteiger charge is 2.32. The van der Waals surface area contributed by atoms with Crippen LogP contribution in [0.25, 0.3) is 11.3 Å². The summed E-state index contributed by atoms with van der Waals surface area (Å²) in [4.78, 5) is 14.9. The third-order valence-corrected chi connectivity index (χ3v) is 5.31. The fraction of sp³-hybridized carbons (Fsp3) is 0.444. The van der Waals surface area contributed by atoms with Gasteiger partial charge in [-0.3, -0.25) is 9.89 Å². The molecule has 0 spiro atoms. The zero-order valence-electron chi connectivity index (χ0n) is 13.5. The summed E-state index contributed by atoms with van der Waals surface area (Å²) >= 11 is 0. The number of amides is 1. The minimum Gasteiger partial charge on any atom is -0.339 e. The number of likely N-dealkylation sites (tertiary alicyclic amines) is 1. The fourth-order valence-electron chi connectivity index (χ4n) is 3.88. The Kier molecular flexibility index (Phi) is 4.06. The van der Waals surface area contributed by atoms with Crippen LogP contribution in [0.4, 0.5) is 4.39 Å². The van der Waals surface area contributed by atoms with Crippen molar-refractivity contribution >= 4 is 5.91 Å². The van der Waals surface area contributed by atoms with Gasteiger partial charge in [0.15, 0.2) is 0 Å². The van der Waals surface area contributed by atoms with E-state index >= 15 is 0 Å². The molecule has 2 N–H and O–H groups in total. The van der Waals surface area contributed by atoms with Gasteiger partial charge in [0.05, 0.1) is 17.5 Å². The van der Waals surface area contributed by atoms with E-state index in [1.54, 1.807) is 18.3 Å². The molecule has 5 nitrogen and oxygen atoms in total. The number of carbonyl (C=O) groups excluding carboxylic acids is 1. The summed E-state index contributed by atoms with van der Waals surface area (Å²) in [5.41, 5.74) is 1.99. The maximum Gasteiger partial charge on any atom is 0.257 e. The Bertz CT molecular complexity index is 713. The molecule has 2 aliphatic heterocycles. The van der Waals surface area contributed by atoms with Crippen molar-refractivity contribution in [1.29, 1.82) is 0 Å². The number of aromatic nitrogens is 2. The smallest absolute Gasteiger partial charge is 0.257 e. The third-order valence-electron chi connectivity index (χ3n) is 5.31. The van der Waals surface area contributed by atoms with Crippen molar-refractivity contribution in [2.24, 2.45) is 11.8 Å². The molecule has 0 unspecified atom stereocenters. The predicted octanol–water partition coefficient (Wildman–Crippen LogP) is 2.29. The van der Waals surface area contributed by atoms with Gasteiger partial charge in [0, 0.05) is 18.7 Å². The fourth-order valence-corrected chi connectivity index (χ4v) is 3.88. The van der Waals surface area contributed by atoms with Gasteiger partial charge < -0.3 is 10.2 Å². The summed E-state index contributed by atoms with van der Waals surface area (Å²) in [6.45, 7) is 3.71. The van der Waals surface area contributed by atoms with Gasteiger partial charge in [0.25, 0.3) is 5.91 Å². The molecule has 2 fully saturated rings. The molecule has 3 heterocycles. The molecule has 1 aromatic carbocycles. The van der Waals surface area contributed by atoms with Crippen molar-refractivity contribution in [2.45, 2.75) is 12.8 Å². The number of benzene rings is 1. The highest BCUT2D eigenvalue weighted by Crippen LogP contribution is 2.29. The van der Waals surface area contributed by atoms with Gasteiger partial charge >= 0.3 is 0 Å². The minimum atomic E-state index is -0.293. The lowest BCUT2D eigenvalue weighted by atomic mass is 9.92. The van der Waals surface area contributed by atoms with Gasteiger partial charge in [-0.25, -0.2) is 4.39 Å². The normalized spacial score (nSPS) is 23.8. The van der Waals surface area contributed by atoms with Crippen molar-refractivity contribution in [2.75, 3.05) is 26.2 Å². The summed E-state index contributed by atoms with van der Waals surface area (Å²) in [5.74, 6) is 1.09. The van der Waals surface area contributed by atoms with Crippen molar-refractivity contribution in [3.8, 4) is 11.3 Å². The number of nitrogens with one attached hydrogen (secondary N) is 2. The van der Waals surface area contributed by atoms with Crippen molar-refractivity contribution in [1.82, 2.24) is 20.4 Å². The Hall–Kier alpha value is -2.21. The molecule has 0 aliphatic carbocycles. The molecule has 1 amide bonds. The van der Waals surface area contributed by atoms with Gasteiger partial charge in [0.1, 0.15) is 5.82 Å². The first-order chi connectivity index (χ1) is 11.7. The maximum atomic E-state index is 13.1. The number of rotatable bonds is 2. The lowest BCUT2D eigenvalue weighted by Crippen LogP contribution is -2.32. The van der Waals surface area contributed by atoms with E-state index in [0.29, 0.717) is 23.1 Å². The predicted molar refractivity (Wildman–Crippen MR) is 89.0 cm³/mol. The number of nitrogens with zero attached hydrogens (tertiary/aromatic N) is 2. The van der Waals surface area contributed by atoms with Crippen LogP contribution in [-0.4, -0.2) is 47.2 Å². The number of aromatic amines is 1. The molecule has 4 rings (SSSR count). The van der Waals surface area contributed by atoms with Crippen LogP contribution in [0, 0.1) is 17.7 Å². The summed E-state index contributed by atoms with van der Waals surface area (Å²) in [6.07, 6.45) is 3.68. The Labute approximate surface area is 140 Å². The van der Waals surface area contributed by atoms with Gasteiger partial charge in [0.2, 0.25) is 0 Å². The van der Waals surface area contributed by atoms with Crippen LogP contribution in [0.5, 0.6) is 0 Å². The molecule has 1 aromatic heterocycles. The van der Waals surface area contributed by atoms with Crippen LogP contribution >= 0.6 is 0 Å². The molecule has 2 saturated heterocycles. The van der Waals surface area contributed by atoms with E-state index in [1.807, 2.05) is 4.90 Å². The maximum absolute atomic E-state index is 13.1. The molecule has 2 atom stereocenters. The lowest BCUT2D eigenvalue weighted by molar-refractivity contribution is 0.0759. The molecule has 6 heteroatoms. The van der Waals surface area contributed by atoms with Crippen LogP contribution in [0.2, 0.25) is 0 Å². The van der Waals surface area contributed by atoms with E-state index in [9.17, 15) is 9.18 Å². The van der Waals surface area contributed by atoms with Crippen molar-refractivity contribution < 1.29 is 9.18 Å².